The van der Waals surface area contributed by atoms with Crippen LogP contribution in [0.3, 0.4) is 0 Å². The maximum absolute atomic E-state index is 11.0. The number of ether oxygens (including phenoxy) is 1. The highest BCUT2D eigenvalue weighted by atomic mass is 127. The largest absolute Gasteiger partial charge is 0.466 e. The fourth-order valence-corrected chi connectivity index (χ4v) is 1.48. The van der Waals surface area contributed by atoms with Crippen molar-refractivity contribution in [3.05, 3.63) is 0 Å². The Morgan fingerprint density at radius 3 is 2.58 bits per heavy atom. The Hall–Kier alpha value is -0.530. The van der Waals surface area contributed by atoms with Gasteiger partial charge in [-0.05, 0) is 19.8 Å². The summed E-state index contributed by atoms with van der Waals surface area (Å²) in [6.07, 6.45) is 5.92. The van der Waals surface area contributed by atoms with Gasteiger partial charge in [0.1, 0.15) is 0 Å². The monoisotopic (exact) mass is 385 g/mol. The number of halogens is 1. The van der Waals surface area contributed by atoms with Crippen molar-refractivity contribution in [1.29, 1.82) is 0 Å². The molecule has 0 heterocycles. The van der Waals surface area contributed by atoms with Gasteiger partial charge in [0, 0.05) is 19.5 Å². The number of unbranched alkanes of at least 4 members (excludes halogenated alkanes) is 3. The van der Waals surface area contributed by atoms with Crippen LogP contribution < -0.4 is 11.1 Å². The van der Waals surface area contributed by atoms with Crippen molar-refractivity contribution in [3.63, 3.8) is 0 Å². The molecule has 0 aliphatic rings. The summed E-state index contributed by atoms with van der Waals surface area (Å²) in [4.78, 5) is 15.2. The molecule has 0 aliphatic heterocycles. The van der Waals surface area contributed by atoms with Gasteiger partial charge in [0.25, 0.3) is 0 Å². The Bertz CT molecular complexity index is 248. The van der Waals surface area contributed by atoms with E-state index in [0.29, 0.717) is 32.0 Å². The minimum absolute atomic E-state index is 0. The molecule has 0 atom stereocenters. The number of nitrogens with zero attached hydrogens (tertiary/aromatic N) is 1. The summed E-state index contributed by atoms with van der Waals surface area (Å²) in [7, 11) is 0. The van der Waals surface area contributed by atoms with Crippen molar-refractivity contribution in [3.8, 4) is 0 Å². The first-order valence-corrected chi connectivity index (χ1v) is 6.90. The fraction of sp³-hybridized carbons (Fsp3) is 0.846. The maximum atomic E-state index is 11.0. The third kappa shape index (κ3) is 15.4. The van der Waals surface area contributed by atoms with E-state index >= 15 is 0 Å². The number of hydrogen-bond acceptors (Lipinski definition) is 3. The first-order valence-electron chi connectivity index (χ1n) is 6.90. The zero-order valence-electron chi connectivity index (χ0n) is 12.1. The Kier molecular flexibility index (Phi) is 17.0. The molecule has 114 valence electrons. The Balaban J connectivity index is 0. The number of esters is 1. The van der Waals surface area contributed by atoms with Crippen LogP contribution in [0.2, 0.25) is 0 Å². The fourth-order valence-electron chi connectivity index (χ4n) is 1.48. The molecule has 0 rings (SSSR count). The average molecular weight is 385 g/mol. The summed E-state index contributed by atoms with van der Waals surface area (Å²) in [5.41, 5.74) is 5.69. The maximum Gasteiger partial charge on any atom is 0.305 e. The summed E-state index contributed by atoms with van der Waals surface area (Å²) in [5.74, 6) is 0.300. The lowest BCUT2D eigenvalue weighted by Crippen LogP contribution is -2.32. The molecule has 0 aromatic heterocycles. The zero-order chi connectivity index (χ0) is 13.6. The number of nitrogens with one attached hydrogen (secondary N) is 1. The molecule has 3 N–H and O–H groups in total. The molecule has 0 saturated carbocycles. The van der Waals surface area contributed by atoms with Crippen LogP contribution in [-0.2, 0) is 9.53 Å². The van der Waals surface area contributed by atoms with Gasteiger partial charge in [-0.1, -0.05) is 26.2 Å². The molecule has 0 unspecified atom stereocenters. The van der Waals surface area contributed by atoms with Crippen LogP contribution in [0.1, 0.15) is 52.4 Å². The smallest absolute Gasteiger partial charge is 0.305 e. The van der Waals surface area contributed by atoms with Crippen molar-refractivity contribution in [2.75, 3.05) is 19.7 Å². The van der Waals surface area contributed by atoms with Gasteiger partial charge < -0.3 is 15.8 Å². The topological polar surface area (TPSA) is 76.7 Å². The van der Waals surface area contributed by atoms with Crippen LogP contribution in [-0.4, -0.2) is 31.6 Å². The molecule has 0 aliphatic carbocycles. The van der Waals surface area contributed by atoms with Crippen molar-refractivity contribution in [2.24, 2.45) is 10.7 Å². The van der Waals surface area contributed by atoms with Crippen LogP contribution in [0.5, 0.6) is 0 Å². The summed E-state index contributed by atoms with van der Waals surface area (Å²) < 4.78 is 4.82. The Morgan fingerprint density at radius 2 is 1.95 bits per heavy atom. The first-order chi connectivity index (χ1) is 8.70. The second-order valence-electron chi connectivity index (χ2n) is 4.16. The molecule has 0 aromatic rings. The van der Waals surface area contributed by atoms with Crippen molar-refractivity contribution < 1.29 is 9.53 Å². The second kappa shape index (κ2) is 15.5. The van der Waals surface area contributed by atoms with Crippen LogP contribution >= 0.6 is 24.0 Å². The Morgan fingerprint density at radius 1 is 1.21 bits per heavy atom. The van der Waals surface area contributed by atoms with Gasteiger partial charge in [-0.25, -0.2) is 0 Å². The lowest BCUT2D eigenvalue weighted by molar-refractivity contribution is -0.143. The molecular weight excluding hydrogens is 357 g/mol. The third-order valence-corrected chi connectivity index (χ3v) is 2.46. The molecule has 0 aromatic carbocycles. The minimum atomic E-state index is -0.168. The quantitative estimate of drug-likeness (QED) is 0.199. The molecule has 0 fully saturated rings. The summed E-state index contributed by atoms with van der Waals surface area (Å²) in [6.45, 7) is 5.85. The van der Waals surface area contributed by atoms with Gasteiger partial charge >= 0.3 is 5.97 Å². The van der Waals surface area contributed by atoms with Crippen molar-refractivity contribution in [1.82, 2.24) is 5.32 Å². The number of guanidine groups is 1. The standard InChI is InChI=1S/C13H27N3O2.HI/c1-3-5-6-7-10-15-13(14)16-11-8-9-12(17)18-4-2;/h3-11H2,1-2H3,(H3,14,15,16);1H. The Labute approximate surface area is 133 Å². The molecule has 5 nitrogen and oxygen atoms in total. The van der Waals surface area contributed by atoms with E-state index in [4.69, 9.17) is 10.5 Å². The van der Waals surface area contributed by atoms with Gasteiger partial charge in [0.05, 0.1) is 6.61 Å². The third-order valence-electron chi connectivity index (χ3n) is 2.46. The van der Waals surface area contributed by atoms with Crippen LogP contribution in [0.15, 0.2) is 4.99 Å². The zero-order valence-corrected chi connectivity index (χ0v) is 14.4. The number of carbonyl (C=O) groups is 1. The molecule has 0 radical (unpaired) electrons. The van der Waals surface area contributed by atoms with Gasteiger partial charge in [0.15, 0.2) is 5.96 Å². The van der Waals surface area contributed by atoms with E-state index < -0.39 is 0 Å². The second-order valence-corrected chi connectivity index (χ2v) is 4.16. The van der Waals surface area contributed by atoms with E-state index in [1.54, 1.807) is 6.92 Å². The van der Waals surface area contributed by atoms with E-state index in [2.05, 4.69) is 17.2 Å². The predicted molar refractivity (Wildman–Crippen MR) is 89.9 cm³/mol. The lowest BCUT2D eigenvalue weighted by atomic mass is 10.2. The number of rotatable bonds is 10. The first kappa shape index (κ1) is 20.8. The molecule has 19 heavy (non-hydrogen) atoms. The highest BCUT2D eigenvalue weighted by molar-refractivity contribution is 14.0. The van der Waals surface area contributed by atoms with Crippen LogP contribution in [0, 0.1) is 0 Å². The highest BCUT2D eigenvalue weighted by Crippen LogP contribution is 1.97. The van der Waals surface area contributed by atoms with Crippen LogP contribution in [0.25, 0.3) is 0 Å². The molecular formula is C13H28IN3O2. The number of hydrogen-bond donors (Lipinski definition) is 2. The van der Waals surface area contributed by atoms with E-state index in [-0.39, 0.29) is 29.9 Å². The molecule has 6 heteroatoms. The highest BCUT2D eigenvalue weighted by Gasteiger charge is 2.00. The predicted octanol–water partition coefficient (Wildman–Crippen LogP) is 2.43. The van der Waals surface area contributed by atoms with E-state index in [1.807, 2.05) is 0 Å². The van der Waals surface area contributed by atoms with Gasteiger partial charge in [-0.2, -0.15) is 0 Å². The molecule has 0 saturated heterocycles. The van der Waals surface area contributed by atoms with E-state index in [9.17, 15) is 4.79 Å². The number of carbonyl (C=O) groups excluding carboxylic acids is 1. The minimum Gasteiger partial charge on any atom is -0.466 e. The van der Waals surface area contributed by atoms with Gasteiger partial charge in [-0.15, -0.1) is 24.0 Å². The summed E-state index contributed by atoms with van der Waals surface area (Å²) in [5, 5.41) is 3.07. The van der Waals surface area contributed by atoms with Crippen LogP contribution in [0.4, 0.5) is 0 Å². The van der Waals surface area contributed by atoms with Crippen molar-refractivity contribution >= 4 is 35.9 Å². The van der Waals surface area contributed by atoms with Gasteiger partial charge in [0.2, 0.25) is 0 Å². The summed E-state index contributed by atoms with van der Waals surface area (Å²) in [6, 6.07) is 0. The average Bonchev–Trinajstić information content (AvgIpc) is 2.35. The lowest BCUT2D eigenvalue weighted by Gasteiger charge is -2.05. The van der Waals surface area contributed by atoms with Gasteiger partial charge in [-0.3, -0.25) is 9.79 Å². The molecule has 0 amide bonds. The number of nitrogens with two attached hydrogens (primary N) is 1. The molecule has 0 bridgehead atoms. The summed E-state index contributed by atoms with van der Waals surface area (Å²) >= 11 is 0. The normalized spacial score (nSPS) is 10.7. The van der Waals surface area contributed by atoms with E-state index in [1.165, 1.54) is 19.3 Å². The van der Waals surface area contributed by atoms with E-state index in [0.717, 1.165) is 13.0 Å². The molecule has 0 spiro atoms. The number of aliphatic imine (C=N–C) groups is 1. The van der Waals surface area contributed by atoms with Crippen molar-refractivity contribution in [2.45, 2.75) is 52.4 Å². The SMILES string of the molecule is CCCCCCNC(N)=NCCCC(=O)OCC.I.